The first-order valence-corrected chi connectivity index (χ1v) is 11.1. The van der Waals surface area contributed by atoms with Crippen LogP contribution in [0.5, 0.6) is 0 Å². The molecule has 5 nitrogen and oxygen atoms in total. The van der Waals surface area contributed by atoms with E-state index < -0.39 is 5.41 Å². The van der Waals surface area contributed by atoms with Gasteiger partial charge in [-0.05, 0) is 61.7 Å². The molecule has 0 saturated carbocycles. The number of carbonyl (C=O) groups excluding carboxylic acids is 2. The number of carbonyl (C=O) groups is 2. The van der Waals surface area contributed by atoms with Crippen LogP contribution < -0.4 is 5.32 Å². The zero-order chi connectivity index (χ0) is 20.4. The summed E-state index contributed by atoms with van der Waals surface area (Å²) in [6, 6.07) is 9.59. The van der Waals surface area contributed by atoms with E-state index in [1.165, 1.54) is 22.5 Å². The molecule has 2 aliphatic heterocycles. The van der Waals surface area contributed by atoms with Crippen molar-refractivity contribution in [3.8, 4) is 0 Å². The van der Waals surface area contributed by atoms with Gasteiger partial charge < -0.3 is 15.0 Å². The van der Waals surface area contributed by atoms with E-state index in [0.29, 0.717) is 22.2 Å². The van der Waals surface area contributed by atoms with Crippen molar-refractivity contribution >= 4 is 40.3 Å². The van der Waals surface area contributed by atoms with Crippen LogP contribution in [0.1, 0.15) is 33.6 Å². The minimum absolute atomic E-state index is 0.0625. The van der Waals surface area contributed by atoms with Crippen LogP contribution in [0.15, 0.2) is 30.3 Å². The van der Waals surface area contributed by atoms with Crippen molar-refractivity contribution in [2.45, 2.75) is 25.7 Å². The van der Waals surface area contributed by atoms with E-state index in [0.717, 1.165) is 31.6 Å². The molecule has 2 aromatic rings. The van der Waals surface area contributed by atoms with E-state index >= 15 is 0 Å². The molecule has 0 unspecified atom stereocenters. The van der Waals surface area contributed by atoms with E-state index in [-0.39, 0.29) is 24.7 Å². The van der Waals surface area contributed by atoms with Crippen LogP contribution in [-0.4, -0.2) is 49.9 Å². The maximum Gasteiger partial charge on any atom is 0.233 e. The van der Waals surface area contributed by atoms with Gasteiger partial charge >= 0.3 is 0 Å². The number of Topliss-reactive ketones (excluding diaryl/α,β-unsaturated/α-hetero) is 1. The van der Waals surface area contributed by atoms with Crippen LogP contribution in [0.25, 0.3) is 0 Å². The summed E-state index contributed by atoms with van der Waals surface area (Å²) in [6.45, 7) is 2.82. The van der Waals surface area contributed by atoms with Crippen molar-refractivity contribution in [3.05, 3.63) is 50.7 Å². The van der Waals surface area contributed by atoms with Gasteiger partial charge in [0.1, 0.15) is 0 Å². The molecule has 1 saturated heterocycles. The summed E-state index contributed by atoms with van der Waals surface area (Å²) in [5.41, 5.74) is 2.58. The minimum Gasteiger partial charge on any atom is -0.380 e. The molecule has 1 fully saturated rings. The molecular formula is C22H25ClN2O3S. The predicted octanol–water partition coefficient (Wildman–Crippen LogP) is 4.05. The Balaban J connectivity index is 1.50. The molecule has 1 amide bonds. The third-order valence-corrected chi connectivity index (χ3v) is 7.19. The van der Waals surface area contributed by atoms with Crippen molar-refractivity contribution in [2.24, 2.45) is 5.41 Å². The van der Waals surface area contributed by atoms with Gasteiger partial charge in [-0.3, -0.25) is 9.59 Å². The predicted molar refractivity (Wildman–Crippen MR) is 116 cm³/mol. The summed E-state index contributed by atoms with van der Waals surface area (Å²) in [4.78, 5) is 28.9. The van der Waals surface area contributed by atoms with E-state index in [4.69, 9.17) is 16.3 Å². The number of ether oxygens (including phenoxy) is 1. The number of fused-ring (bicyclic) bond motifs is 1. The zero-order valence-corrected chi connectivity index (χ0v) is 18.1. The Kier molecular flexibility index (Phi) is 6.06. The van der Waals surface area contributed by atoms with E-state index in [9.17, 15) is 9.59 Å². The molecule has 2 aliphatic rings. The topological polar surface area (TPSA) is 58.6 Å². The first kappa shape index (κ1) is 20.5. The Morgan fingerprint density at radius 2 is 2.00 bits per heavy atom. The van der Waals surface area contributed by atoms with Gasteiger partial charge in [0, 0.05) is 31.8 Å². The molecular weight excluding hydrogens is 408 g/mol. The minimum atomic E-state index is -0.833. The highest BCUT2D eigenvalue weighted by molar-refractivity contribution is 7.18. The number of nitrogens with zero attached hydrogens (tertiary/aromatic N) is 1. The van der Waals surface area contributed by atoms with Crippen LogP contribution in [0.3, 0.4) is 0 Å². The van der Waals surface area contributed by atoms with Crippen molar-refractivity contribution < 1.29 is 14.3 Å². The lowest BCUT2D eigenvalue weighted by Crippen LogP contribution is -2.38. The van der Waals surface area contributed by atoms with Crippen molar-refractivity contribution in [2.75, 3.05) is 38.7 Å². The third kappa shape index (κ3) is 4.56. The van der Waals surface area contributed by atoms with Crippen LogP contribution in [-0.2, 0) is 22.4 Å². The Hall–Kier alpha value is -1.73. The van der Waals surface area contributed by atoms with Crippen LogP contribution >= 0.6 is 22.9 Å². The van der Waals surface area contributed by atoms with Gasteiger partial charge in [-0.25, -0.2) is 0 Å². The van der Waals surface area contributed by atoms with Crippen LogP contribution in [0.2, 0.25) is 4.34 Å². The van der Waals surface area contributed by atoms with Gasteiger partial charge in [0.05, 0.1) is 21.2 Å². The van der Waals surface area contributed by atoms with E-state index in [1.807, 2.05) is 6.07 Å². The maximum atomic E-state index is 13.2. The Morgan fingerprint density at radius 3 is 2.69 bits per heavy atom. The summed E-state index contributed by atoms with van der Waals surface area (Å²) in [7, 11) is 2.14. The molecule has 1 N–H and O–H groups in total. The Morgan fingerprint density at radius 1 is 1.21 bits per heavy atom. The van der Waals surface area contributed by atoms with Crippen molar-refractivity contribution in [1.82, 2.24) is 4.90 Å². The van der Waals surface area contributed by atoms with Gasteiger partial charge in [-0.1, -0.05) is 17.7 Å². The molecule has 0 aliphatic carbocycles. The molecule has 4 rings (SSSR count). The van der Waals surface area contributed by atoms with Crippen molar-refractivity contribution in [1.29, 1.82) is 0 Å². The number of ketones is 1. The normalized spacial score (nSPS) is 22.1. The molecule has 0 radical (unpaired) electrons. The summed E-state index contributed by atoms with van der Waals surface area (Å²) >= 11 is 7.21. The lowest BCUT2D eigenvalue weighted by molar-refractivity contribution is -0.125. The van der Waals surface area contributed by atoms with E-state index in [2.05, 4.69) is 29.4 Å². The molecule has 7 heteroatoms. The average molecular weight is 433 g/mol. The quantitative estimate of drug-likeness (QED) is 0.724. The second-order valence-electron chi connectivity index (χ2n) is 8.03. The second-order valence-corrected chi connectivity index (χ2v) is 9.74. The number of likely N-dealkylation sites (N-methyl/N-ethyl adjacent to an activating group) is 1. The molecule has 0 spiro atoms. The van der Waals surface area contributed by atoms with Crippen molar-refractivity contribution in [3.63, 3.8) is 0 Å². The zero-order valence-electron chi connectivity index (χ0n) is 16.5. The highest BCUT2D eigenvalue weighted by Crippen LogP contribution is 2.36. The highest BCUT2D eigenvalue weighted by atomic mass is 35.5. The molecule has 1 aromatic carbocycles. The average Bonchev–Trinajstić information content (AvgIpc) is 3.31. The Labute approximate surface area is 180 Å². The largest absolute Gasteiger partial charge is 0.380 e. The SMILES string of the molecule is CN1CCc2ccc(NC(=O)[C@]3(CC(=O)c4ccc(Cl)s4)CCOC3)cc2CC1. The summed E-state index contributed by atoms with van der Waals surface area (Å²) < 4.78 is 6.11. The fraction of sp³-hybridized carbons (Fsp3) is 0.455. The fourth-order valence-corrected chi connectivity index (χ4v) is 5.02. The lowest BCUT2D eigenvalue weighted by Gasteiger charge is -2.25. The lowest BCUT2D eigenvalue weighted by atomic mass is 9.80. The molecule has 0 bridgehead atoms. The summed E-state index contributed by atoms with van der Waals surface area (Å²) in [5.74, 6) is -0.204. The number of halogens is 1. The Bertz CT molecular complexity index is 921. The fourth-order valence-electron chi connectivity index (χ4n) is 4.04. The van der Waals surface area contributed by atoms with Gasteiger partial charge in [-0.15, -0.1) is 11.3 Å². The maximum absolute atomic E-state index is 13.2. The van der Waals surface area contributed by atoms with Gasteiger partial charge in [0.15, 0.2) is 5.78 Å². The van der Waals surface area contributed by atoms with Gasteiger partial charge in [0.25, 0.3) is 0 Å². The molecule has 29 heavy (non-hydrogen) atoms. The monoisotopic (exact) mass is 432 g/mol. The molecule has 1 atom stereocenters. The molecule has 1 aromatic heterocycles. The van der Waals surface area contributed by atoms with E-state index in [1.54, 1.807) is 12.1 Å². The number of benzene rings is 1. The summed E-state index contributed by atoms with van der Waals surface area (Å²) in [6.07, 6.45) is 2.67. The summed E-state index contributed by atoms with van der Waals surface area (Å²) in [5, 5.41) is 3.06. The smallest absolute Gasteiger partial charge is 0.233 e. The number of hydrogen-bond donors (Lipinski definition) is 1. The number of nitrogens with one attached hydrogen (secondary N) is 1. The molecule has 154 valence electrons. The van der Waals surface area contributed by atoms with Crippen LogP contribution in [0, 0.1) is 5.41 Å². The van der Waals surface area contributed by atoms with Gasteiger partial charge in [0.2, 0.25) is 5.91 Å². The standard InChI is InChI=1S/C22H25ClN2O3S/c1-25-9-6-15-2-3-17(12-16(15)7-10-25)24-21(27)22(8-11-28-14-22)13-18(26)19-4-5-20(23)29-19/h2-5,12H,6-11,13-14H2,1H3,(H,24,27)/t22-/m0/s1. The first-order chi connectivity index (χ1) is 13.9. The number of thiophene rings is 1. The number of hydrogen-bond acceptors (Lipinski definition) is 5. The number of anilines is 1. The number of amides is 1. The van der Waals surface area contributed by atoms with Gasteiger partial charge in [-0.2, -0.15) is 0 Å². The van der Waals surface area contributed by atoms with Crippen LogP contribution in [0.4, 0.5) is 5.69 Å². The third-order valence-electron chi connectivity index (χ3n) is 5.92. The molecule has 3 heterocycles. The number of rotatable bonds is 5. The highest BCUT2D eigenvalue weighted by Gasteiger charge is 2.44. The first-order valence-electron chi connectivity index (χ1n) is 9.93. The second kappa shape index (κ2) is 8.56.